The van der Waals surface area contributed by atoms with Crippen LogP contribution in [0.5, 0.6) is 0 Å². The Balaban J connectivity index is 3.67. The molecule has 0 amide bonds. The minimum atomic E-state index is -4.89. The fourth-order valence-electron chi connectivity index (χ4n) is 0.559. The summed E-state index contributed by atoms with van der Waals surface area (Å²) in [6, 6.07) is -3.53. The number of halogens is 3. The summed E-state index contributed by atoms with van der Waals surface area (Å²) in [4.78, 5) is 0. The predicted octanol–water partition coefficient (Wildman–Crippen LogP) is 3.14. The maximum Gasteiger partial charge on any atom is 0.416 e. The number of hydrogen-bond acceptors (Lipinski definition) is 1. The van der Waals surface area contributed by atoms with Crippen molar-refractivity contribution in [2.75, 3.05) is 0 Å². The van der Waals surface area contributed by atoms with E-state index in [-0.39, 0.29) is 11.3 Å². The minimum Gasteiger partial charge on any atom is -0.175 e. The molecule has 0 radical (unpaired) electrons. The third-order valence-corrected chi connectivity index (χ3v) is 1.43. The average Bonchev–Trinajstić information content (AvgIpc) is 2.14. The van der Waals surface area contributed by atoms with Gasteiger partial charge in [-0.05, 0) is 17.6 Å². The molecule has 0 fully saturated rings. The monoisotopic (exact) mass is 196 g/mol. The van der Waals surface area contributed by atoms with Gasteiger partial charge in [-0.1, -0.05) is 12.1 Å². The van der Waals surface area contributed by atoms with Crippen LogP contribution in [0.1, 0.15) is 16.6 Å². The molecular formula is C8H7F3S. The Morgan fingerprint density at radius 2 is 1.75 bits per heavy atom. The Hall–Kier alpha value is -0.640. The van der Waals surface area contributed by atoms with Gasteiger partial charge in [0.2, 0.25) is 0 Å². The standard InChI is InChI=1S/C8H7F3S/c9-8(10,11)7-3-1-6(5-12)2-4-7/h1-4,12H,5H2/i1D,2D,3D,4D. The highest BCUT2D eigenvalue weighted by Gasteiger charge is 2.29. The van der Waals surface area contributed by atoms with Gasteiger partial charge in [-0.25, -0.2) is 0 Å². The number of thiol groups is 1. The Morgan fingerprint density at radius 1 is 1.25 bits per heavy atom. The van der Waals surface area contributed by atoms with E-state index in [9.17, 15) is 13.2 Å². The molecule has 1 rings (SSSR count). The molecule has 0 atom stereocenters. The lowest BCUT2D eigenvalue weighted by Crippen LogP contribution is -2.04. The van der Waals surface area contributed by atoms with Crippen molar-refractivity contribution in [2.24, 2.45) is 0 Å². The predicted molar refractivity (Wildman–Crippen MR) is 44.1 cm³/mol. The zero-order valence-electron chi connectivity index (χ0n) is 9.79. The second kappa shape index (κ2) is 3.39. The van der Waals surface area contributed by atoms with Crippen LogP contribution in [-0.2, 0) is 11.9 Å². The molecule has 0 saturated carbocycles. The van der Waals surface area contributed by atoms with Crippen LogP contribution in [0.3, 0.4) is 0 Å². The van der Waals surface area contributed by atoms with Gasteiger partial charge in [-0.3, -0.25) is 0 Å². The lowest BCUT2D eigenvalue weighted by molar-refractivity contribution is -0.137. The number of rotatable bonds is 1. The molecule has 1 aromatic rings. The van der Waals surface area contributed by atoms with E-state index < -0.39 is 35.9 Å². The number of alkyl halides is 3. The van der Waals surface area contributed by atoms with Crippen molar-refractivity contribution in [3.63, 3.8) is 0 Å². The van der Waals surface area contributed by atoms with Gasteiger partial charge < -0.3 is 0 Å². The van der Waals surface area contributed by atoms with E-state index in [4.69, 9.17) is 5.48 Å². The van der Waals surface area contributed by atoms with Crippen LogP contribution < -0.4 is 0 Å². The first-order valence-electron chi connectivity index (χ1n) is 4.99. The summed E-state index contributed by atoms with van der Waals surface area (Å²) in [5.74, 6) is -0.145. The summed E-state index contributed by atoms with van der Waals surface area (Å²) >= 11 is 3.76. The molecule has 0 nitrogen and oxygen atoms in total. The number of hydrogen-bond donors (Lipinski definition) is 1. The molecule has 0 aromatic heterocycles. The normalized spacial score (nSPS) is 16.3. The summed E-state index contributed by atoms with van der Waals surface area (Å²) in [7, 11) is 0. The average molecular weight is 196 g/mol. The van der Waals surface area contributed by atoms with Gasteiger partial charge in [0, 0.05) is 5.75 Å². The van der Waals surface area contributed by atoms with E-state index in [1.54, 1.807) is 0 Å². The fourth-order valence-corrected chi connectivity index (χ4v) is 0.717. The Bertz CT molecular complexity index is 401. The van der Waals surface area contributed by atoms with Crippen molar-refractivity contribution in [1.82, 2.24) is 0 Å². The molecule has 0 saturated heterocycles. The van der Waals surface area contributed by atoms with Crippen LogP contribution in [0, 0.1) is 0 Å². The van der Waals surface area contributed by atoms with Gasteiger partial charge in [0.15, 0.2) is 0 Å². The van der Waals surface area contributed by atoms with Crippen LogP contribution in [-0.4, -0.2) is 0 Å². The maximum atomic E-state index is 12.5. The summed E-state index contributed by atoms with van der Waals surface area (Å²) in [5.41, 5.74) is -1.67. The summed E-state index contributed by atoms with van der Waals surface area (Å²) < 4.78 is 66.4. The largest absolute Gasteiger partial charge is 0.416 e. The molecule has 0 aliphatic rings. The maximum absolute atomic E-state index is 12.5. The van der Waals surface area contributed by atoms with Crippen molar-refractivity contribution in [3.05, 3.63) is 35.3 Å². The Labute approximate surface area is 79.4 Å². The molecule has 0 aliphatic heterocycles. The zero-order chi connectivity index (χ0) is 12.7. The van der Waals surface area contributed by atoms with Crippen molar-refractivity contribution < 1.29 is 18.7 Å². The topological polar surface area (TPSA) is 0 Å². The smallest absolute Gasteiger partial charge is 0.175 e. The SMILES string of the molecule is [2H]c1c([2H])c(C(F)(F)F)c([2H])c([2H])c1CS. The molecular weight excluding hydrogens is 185 g/mol. The van der Waals surface area contributed by atoms with Gasteiger partial charge >= 0.3 is 6.18 Å². The molecule has 4 heteroatoms. The van der Waals surface area contributed by atoms with Crippen molar-refractivity contribution in [3.8, 4) is 0 Å². The van der Waals surface area contributed by atoms with Crippen molar-refractivity contribution in [2.45, 2.75) is 11.9 Å². The molecule has 0 unspecified atom stereocenters. The molecule has 0 heterocycles. The van der Waals surface area contributed by atoms with Gasteiger partial charge in [0.1, 0.15) is 0 Å². The molecule has 0 aliphatic carbocycles. The second-order valence-electron chi connectivity index (χ2n) is 2.01. The first-order chi connectivity index (χ1) is 7.21. The fraction of sp³-hybridized carbons (Fsp3) is 0.250. The first-order valence-corrected chi connectivity index (χ1v) is 3.62. The van der Waals surface area contributed by atoms with E-state index >= 15 is 0 Å². The van der Waals surface area contributed by atoms with E-state index in [1.165, 1.54) is 0 Å². The van der Waals surface area contributed by atoms with E-state index in [2.05, 4.69) is 12.6 Å². The lowest BCUT2D eigenvalue weighted by atomic mass is 10.1. The lowest BCUT2D eigenvalue weighted by Gasteiger charge is -2.06. The summed E-state index contributed by atoms with van der Waals surface area (Å²) in [5, 5.41) is 0. The van der Waals surface area contributed by atoms with E-state index in [0.717, 1.165) is 0 Å². The third-order valence-electron chi connectivity index (χ3n) is 1.12. The summed E-state index contributed by atoms with van der Waals surface area (Å²) in [6.07, 6.45) is -4.89. The third kappa shape index (κ3) is 2.17. The van der Waals surface area contributed by atoms with E-state index in [0.29, 0.717) is 0 Å². The quantitative estimate of drug-likeness (QED) is 0.655. The molecule has 0 bridgehead atoms. The zero-order valence-corrected chi connectivity index (χ0v) is 6.68. The van der Waals surface area contributed by atoms with Crippen molar-refractivity contribution in [1.29, 1.82) is 0 Å². The van der Waals surface area contributed by atoms with Crippen LogP contribution in [0.15, 0.2) is 24.2 Å². The van der Waals surface area contributed by atoms with Gasteiger partial charge in [-0.2, -0.15) is 25.8 Å². The molecule has 66 valence electrons. The highest BCUT2D eigenvalue weighted by Crippen LogP contribution is 2.29. The first kappa shape index (κ1) is 5.17. The van der Waals surface area contributed by atoms with Crippen molar-refractivity contribution >= 4 is 12.6 Å². The van der Waals surface area contributed by atoms with Gasteiger partial charge in [0.05, 0.1) is 11.0 Å². The second-order valence-corrected chi connectivity index (χ2v) is 2.33. The molecule has 0 N–H and O–H groups in total. The highest BCUT2D eigenvalue weighted by atomic mass is 32.1. The highest BCUT2D eigenvalue weighted by molar-refractivity contribution is 7.79. The Kier molecular flexibility index (Phi) is 1.46. The molecule has 0 spiro atoms. The van der Waals surface area contributed by atoms with Crippen LogP contribution >= 0.6 is 12.6 Å². The minimum absolute atomic E-state index is 0.133. The van der Waals surface area contributed by atoms with Gasteiger partial charge in [0.25, 0.3) is 0 Å². The number of benzene rings is 1. The van der Waals surface area contributed by atoms with Crippen LogP contribution in [0.4, 0.5) is 13.2 Å². The van der Waals surface area contributed by atoms with Crippen LogP contribution in [0.25, 0.3) is 0 Å². The van der Waals surface area contributed by atoms with E-state index in [1.807, 2.05) is 0 Å². The Morgan fingerprint density at radius 3 is 2.08 bits per heavy atom. The van der Waals surface area contributed by atoms with Gasteiger partial charge in [-0.15, -0.1) is 0 Å². The molecule has 12 heavy (non-hydrogen) atoms. The van der Waals surface area contributed by atoms with Crippen LogP contribution in [0.2, 0.25) is 0 Å². The summed E-state index contributed by atoms with van der Waals surface area (Å²) in [6.45, 7) is 0. The molecule has 1 aromatic carbocycles.